The first-order valence-corrected chi connectivity index (χ1v) is 15.1. The van der Waals surface area contributed by atoms with Crippen LogP contribution in [0.3, 0.4) is 0 Å². The summed E-state index contributed by atoms with van der Waals surface area (Å²) in [6, 6.07) is -3.35. The van der Waals surface area contributed by atoms with E-state index in [0.29, 0.717) is 7.55 Å². The SMILES string of the molecule is CC(=O)N[C@H]([C@@H](OC(=O)N[B]NC(=O)O[C@H]([C@@H](NC(C)=O)[C@@H]1C[C@@H](C(=O)O)C[C@H]1N=C(N)N)[C@@H](O)CO)[C@@H](O)CO)[C@@H]1C=C(C(=O)O)CC1. The molecule has 2 aliphatic carbocycles. The van der Waals surface area contributed by atoms with Gasteiger partial charge in [0.2, 0.25) is 11.8 Å². The molecule has 1 saturated carbocycles. The number of nitrogens with one attached hydrogen (secondary N) is 4. The number of rotatable bonds is 17. The smallest absolute Gasteiger partial charge is 0.396 e. The highest BCUT2D eigenvalue weighted by Gasteiger charge is 2.47. The number of aliphatic imine (C=N–C) groups is 1. The zero-order valence-corrected chi connectivity index (χ0v) is 26.7. The first kappa shape index (κ1) is 40.5. The molecule has 0 bridgehead atoms. The molecule has 0 spiro atoms. The van der Waals surface area contributed by atoms with Crippen molar-refractivity contribution >= 4 is 49.4 Å². The van der Waals surface area contributed by atoms with Crippen molar-refractivity contribution < 1.29 is 68.9 Å². The average Bonchev–Trinajstić information content (AvgIpc) is 3.67. The number of carbonyl (C=O) groups excluding carboxylic acids is 4. The minimum absolute atomic E-state index is 0.0462. The number of nitrogens with zero attached hydrogens (tertiary/aromatic N) is 1. The molecule has 0 aromatic heterocycles. The number of carbonyl (C=O) groups is 6. The number of ether oxygens (including phenoxy) is 2. The lowest BCUT2D eigenvalue weighted by Crippen LogP contribution is -2.57. The summed E-state index contributed by atoms with van der Waals surface area (Å²) in [5, 5.41) is 68.2. The summed E-state index contributed by atoms with van der Waals surface area (Å²) in [6.45, 7) is 0.389. The molecule has 0 aromatic rings. The maximum absolute atomic E-state index is 12.8. The van der Waals surface area contributed by atoms with Crippen LogP contribution in [0, 0.1) is 17.8 Å². The van der Waals surface area contributed by atoms with Crippen molar-refractivity contribution in [1.29, 1.82) is 0 Å². The summed E-state index contributed by atoms with van der Waals surface area (Å²) >= 11 is 0. The molecule has 1 fully saturated rings. The maximum Gasteiger partial charge on any atom is 0.396 e. The lowest BCUT2D eigenvalue weighted by molar-refractivity contribution is -0.141. The van der Waals surface area contributed by atoms with E-state index in [0.717, 1.165) is 13.8 Å². The standard InChI is InChI=1S/C27H43BN7O14/c1-10(38)31-19(12-3-4-13(5-12)23(42)43)21(17(40)8-36)48-26(46)34-28-35-27(47)49-22(18(41)9-37)20(32-11(2)39)15-6-14(24(44)45)7-16(15)33-25(29)30/h5,12,14-22,36-37,40-41H,3-4,6-9H2,1-2H3,(H,31,38)(H,32,39)(H,34,46)(H,35,47)(H,42,43)(H,44,45)(H4,29,30,33)/t12-,14+,15+,16+,17-,18-,19-,20-,21-,22-/m0/s1. The molecular formula is C27H43BN7O14. The Morgan fingerprint density at radius 1 is 0.898 bits per heavy atom. The molecule has 10 atom stereocenters. The predicted molar refractivity (Wildman–Crippen MR) is 166 cm³/mol. The van der Waals surface area contributed by atoms with E-state index in [9.17, 15) is 59.4 Å². The van der Waals surface area contributed by atoms with Gasteiger partial charge in [-0.25, -0.2) is 19.4 Å². The van der Waals surface area contributed by atoms with Crippen LogP contribution in [0.5, 0.6) is 0 Å². The summed E-state index contributed by atoms with van der Waals surface area (Å²) in [5.41, 5.74) is 11.1. The fourth-order valence-electron chi connectivity index (χ4n) is 5.98. The van der Waals surface area contributed by atoms with Crippen LogP contribution in [0.25, 0.3) is 0 Å². The van der Waals surface area contributed by atoms with Crippen molar-refractivity contribution in [1.82, 2.24) is 21.1 Å². The van der Waals surface area contributed by atoms with E-state index in [-0.39, 0.29) is 37.2 Å². The Kier molecular flexibility index (Phi) is 15.5. The lowest BCUT2D eigenvalue weighted by Gasteiger charge is -2.35. The van der Waals surface area contributed by atoms with Crippen LogP contribution in [0.2, 0.25) is 0 Å². The normalized spacial score (nSPS) is 23.6. The Balaban J connectivity index is 2.17. The lowest BCUT2D eigenvalue weighted by atomic mass is 9.87. The molecule has 0 unspecified atom stereocenters. The Morgan fingerprint density at radius 3 is 1.84 bits per heavy atom. The van der Waals surface area contributed by atoms with Gasteiger partial charge in [0.25, 0.3) is 0 Å². The van der Waals surface area contributed by atoms with Crippen molar-refractivity contribution in [3.05, 3.63) is 11.6 Å². The summed E-state index contributed by atoms with van der Waals surface area (Å²) in [6.07, 6.45) is -7.90. The summed E-state index contributed by atoms with van der Waals surface area (Å²) < 4.78 is 10.5. The number of carboxylic acids is 2. The van der Waals surface area contributed by atoms with Crippen molar-refractivity contribution in [3.63, 3.8) is 0 Å². The van der Waals surface area contributed by atoms with Gasteiger partial charge in [0.1, 0.15) is 12.2 Å². The van der Waals surface area contributed by atoms with Gasteiger partial charge in [-0.3, -0.25) is 14.4 Å². The molecule has 14 N–H and O–H groups in total. The van der Waals surface area contributed by atoms with Crippen molar-refractivity contribution in [3.8, 4) is 0 Å². The van der Waals surface area contributed by atoms with Crippen LogP contribution in [0.15, 0.2) is 16.6 Å². The second-order valence-electron chi connectivity index (χ2n) is 11.6. The quantitative estimate of drug-likeness (QED) is 0.0387. The Hall–Kier alpha value is -4.67. The summed E-state index contributed by atoms with van der Waals surface area (Å²) in [4.78, 5) is 76.6. The second-order valence-corrected chi connectivity index (χ2v) is 11.6. The molecule has 4 amide bonds. The second kappa shape index (κ2) is 18.8. The average molecular weight is 700 g/mol. The van der Waals surface area contributed by atoms with Crippen LogP contribution in [0.4, 0.5) is 9.59 Å². The Labute approximate surface area is 280 Å². The van der Waals surface area contributed by atoms with Crippen LogP contribution < -0.4 is 32.6 Å². The number of nitrogens with two attached hydrogens (primary N) is 2. The third kappa shape index (κ3) is 12.1. The van der Waals surface area contributed by atoms with Crippen molar-refractivity contribution in [2.24, 2.45) is 34.2 Å². The zero-order chi connectivity index (χ0) is 37.0. The van der Waals surface area contributed by atoms with Gasteiger partial charge < -0.3 is 72.7 Å². The van der Waals surface area contributed by atoms with Gasteiger partial charge in [0.15, 0.2) is 18.2 Å². The van der Waals surface area contributed by atoms with Crippen molar-refractivity contribution in [2.45, 2.75) is 82.1 Å². The first-order chi connectivity index (χ1) is 23.0. The van der Waals surface area contributed by atoms with Gasteiger partial charge in [0.05, 0.1) is 37.3 Å². The Morgan fingerprint density at radius 2 is 1.41 bits per heavy atom. The summed E-state index contributed by atoms with van der Waals surface area (Å²) in [5.74, 6) is -6.55. The monoisotopic (exact) mass is 700 g/mol. The van der Waals surface area contributed by atoms with E-state index in [1.807, 2.05) is 10.5 Å². The molecule has 2 rings (SSSR count). The molecule has 0 aromatic carbocycles. The number of aliphatic carboxylic acids is 2. The molecule has 273 valence electrons. The molecule has 1 radical (unpaired) electrons. The van der Waals surface area contributed by atoms with E-state index >= 15 is 0 Å². The number of carboxylic acid groups (broad SMARTS) is 2. The number of aliphatic hydroxyl groups is 4. The number of amides is 4. The van der Waals surface area contributed by atoms with E-state index in [1.54, 1.807) is 0 Å². The predicted octanol–water partition coefficient (Wildman–Crippen LogP) is -4.40. The Bertz CT molecular complexity index is 1280. The van der Waals surface area contributed by atoms with Gasteiger partial charge in [-0.2, -0.15) is 0 Å². The van der Waals surface area contributed by atoms with Gasteiger partial charge in [0, 0.05) is 31.3 Å². The molecule has 21 nitrogen and oxygen atoms in total. The number of hydrogen-bond acceptors (Lipinski definition) is 13. The molecule has 0 saturated heterocycles. The van der Waals surface area contributed by atoms with Gasteiger partial charge in [-0.05, 0) is 25.7 Å². The fourth-order valence-corrected chi connectivity index (χ4v) is 5.98. The van der Waals surface area contributed by atoms with E-state index < -0.39 is 109 Å². The third-order valence-electron chi connectivity index (χ3n) is 8.05. The zero-order valence-electron chi connectivity index (χ0n) is 26.7. The molecule has 49 heavy (non-hydrogen) atoms. The van der Waals surface area contributed by atoms with E-state index in [2.05, 4.69) is 15.6 Å². The topological polar surface area (TPSA) is 355 Å². The maximum atomic E-state index is 12.8. The van der Waals surface area contributed by atoms with Gasteiger partial charge in [-0.1, -0.05) is 6.08 Å². The number of guanidine groups is 1. The molecule has 0 aliphatic heterocycles. The van der Waals surface area contributed by atoms with Gasteiger partial charge >= 0.3 is 31.7 Å². The molecule has 22 heteroatoms. The highest BCUT2D eigenvalue weighted by atomic mass is 16.6. The van der Waals surface area contributed by atoms with Crippen LogP contribution in [-0.4, -0.2) is 136 Å². The van der Waals surface area contributed by atoms with Crippen LogP contribution >= 0.6 is 0 Å². The van der Waals surface area contributed by atoms with Crippen LogP contribution in [-0.2, 0) is 28.7 Å². The highest BCUT2D eigenvalue weighted by Crippen LogP contribution is 2.38. The number of hydrogen-bond donors (Lipinski definition) is 12. The molecule has 0 heterocycles. The number of aliphatic hydroxyl groups excluding tert-OH is 4. The fraction of sp³-hybridized carbons (Fsp3) is 0.667. The van der Waals surface area contributed by atoms with E-state index in [4.69, 9.17) is 20.9 Å². The van der Waals surface area contributed by atoms with Crippen molar-refractivity contribution in [2.75, 3.05) is 13.2 Å². The summed E-state index contributed by atoms with van der Waals surface area (Å²) in [7, 11) is 0.631. The molecular weight excluding hydrogens is 657 g/mol. The third-order valence-corrected chi connectivity index (χ3v) is 8.05. The first-order valence-electron chi connectivity index (χ1n) is 15.1. The largest absolute Gasteiger partial charge is 0.481 e. The highest BCUT2D eigenvalue weighted by molar-refractivity contribution is 6.37. The van der Waals surface area contributed by atoms with Crippen LogP contribution in [0.1, 0.15) is 39.5 Å². The van der Waals surface area contributed by atoms with Gasteiger partial charge in [-0.15, -0.1) is 0 Å². The van der Waals surface area contributed by atoms with E-state index in [1.165, 1.54) is 6.08 Å². The minimum Gasteiger partial charge on any atom is -0.481 e. The molecule has 2 aliphatic rings. The minimum atomic E-state index is -1.80.